The van der Waals surface area contributed by atoms with Crippen LogP contribution in [0.1, 0.15) is 48.7 Å². The topological polar surface area (TPSA) is 101 Å². The molecule has 1 heterocycles. The maximum Gasteiger partial charge on any atom is 0.360 e. The number of ether oxygens (including phenoxy) is 1. The van der Waals surface area contributed by atoms with Crippen molar-refractivity contribution in [1.29, 1.82) is 0 Å². The Hall–Kier alpha value is -3.58. The highest BCUT2D eigenvalue weighted by Crippen LogP contribution is 2.28. The summed E-state index contributed by atoms with van der Waals surface area (Å²) in [7, 11) is 0. The zero-order chi connectivity index (χ0) is 24.7. The minimum absolute atomic E-state index is 0.0510. The van der Waals surface area contributed by atoms with Crippen molar-refractivity contribution in [3.05, 3.63) is 75.2 Å². The maximum absolute atomic E-state index is 12.8. The number of hydrogen-bond acceptors (Lipinski definition) is 6. The van der Waals surface area contributed by atoms with Gasteiger partial charge in [0, 0.05) is 16.5 Å². The number of allylic oxidation sites excluding steroid dienone is 2. The highest BCUT2D eigenvalue weighted by molar-refractivity contribution is 6.05. The van der Waals surface area contributed by atoms with E-state index in [1.807, 2.05) is 32.9 Å². The molecular formula is C27H32N2O5. The average Bonchev–Trinajstić information content (AvgIpc) is 2.80. The number of fused-ring (bicyclic) bond motifs is 1. The Balaban J connectivity index is 1.79. The van der Waals surface area contributed by atoms with Gasteiger partial charge in [0.15, 0.2) is 0 Å². The van der Waals surface area contributed by atoms with Crippen LogP contribution in [-0.4, -0.2) is 30.7 Å². The van der Waals surface area contributed by atoms with Gasteiger partial charge in [-0.15, -0.1) is 0 Å². The number of anilines is 1. The van der Waals surface area contributed by atoms with E-state index in [1.165, 1.54) is 12.1 Å². The van der Waals surface area contributed by atoms with Gasteiger partial charge in [-0.2, -0.15) is 0 Å². The summed E-state index contributed by atoms with van der Waals surface area (Å²) in [5, 5.41) is 16.7. The van der Waals surface area contributed by atoms with E-state index >= 15 is 0 Å². The minimum Gasteiger partial charge on any atom is -0.508 e. The van der Waals surface area contributed by atoms with Gasteiger partial charge >= 0.3 is 5.63 Å². The van der Waals surface area contributed by atoms with Crippen molar-refractivity contribution in [2.45, 2.75) is 40.5 Å². The van der Waals surface area contributed by atoms with Crippen LogP contribution in [0.5, 0.6) is 11.5 Å². The van der Waals surface area contributed by atoms with Crippen LogP contribution in [0.2, 0.25) is 0 Å². The van der Waals surface area contributed by atoms with Crippen molar-refractivity contribution in [3.8, 4) is 11.5 Å². The Bertz CT molecular complexity index is 1260. The number of amides is 1. The van der Waals surface area contributed by atoms with Crippen molar-refractivity contribution in [3.63, 3.8) is 0 Å². The lowest BCUT2D eigenvalue weighted by Gasteiger charge is -2.12. The first kappa shape index (κ1) is 25.1. The number of phenolic OH excluding ortho intramolecular Hbond substituents is 1. The Labute approximate surface area is 199 Å². The van der Waals surface area contributed by atoms with Crippen LogP contribution in [0, 0.1) is 6.92 Å². The van der Waals surface area contributed by atoms with E-state index in [0.29, 0.717) is 40.9 Å². The van der Waals surface area contributed by atoms with Crippen molar-refractivity contribution in [1.82, 2.24) is 5.32 Å². The smallest absolute Gasteiger partial charge is 0.360 e. The molecule has 0 unspecified atom stereocenters. The molecule has 34 heavy (non-hydrogen) atoms. The molecule has 0 atom stereocenters. The first-order valence-electron chi connectivity index (χ1n) is 11.5. The number of rotatable bonds is 10. The Morgan fingerprint density at radius 3 is 2.71 bits per heavy atom. The molecule has 3 rings (SSSR count). The number of carbonyl (C=O) groups excluding carboxylic acids is 1. The number of aryl methyl sites for hydroxylation is 1. The van der Waals surface area contributed by atoms with Gasteiger partial charge in [-0.25, -0.2) is 4.79 Å². The van der Waals surface area contributed by atoms with Gasteiger partial charge in [0.05, 0.1) is 6.61 Å². The number of nitrogens with one attached hydrogen (secondary N) is 2. The van der Waals surface area contributed by atoms with Crippen molar-refractivity contribution >= 4 is 22.6 Å². The molecule has 0 aliphatic carbocycles. The fourth-order valence-electron chi connectivity index (χ4n) is 3.50. The van der Waals surface area contributed by atoms with Gasteiger partial charge in [0.2, 0.25) is 0 Å². The summed E-state index contributed by atoms with van der Waals surface area (Å²) in [5.74, 6) is 0.328. The van der Waals surface area contributed by atoms with Gasteiger partial charge in [0.1, 0.15) is 22.8 Å². The number of carbonyl (C=O) groups is 1. The lowest BCUT2D eigenvalue weighted by Crippen LogP contribution is -2.18. The molecule has 2 aromatic carbocycles. The molecule has 3 N–H and O–H groups in total. The molecule has 0 aliphatic rings. The molecule has 0 bridgehead atoms. The predicted molar refractivity (Wildman–Crippen MR) is 135 cm³/mol. The van der Waals surface area contributed by atoms with E-state index in [0.717, 1.165) is 30.6 Å². The van der Waals surface area contributed by atoms with Crippen LogP contribution in [0.25, 0.3) is 11.0 Å². The van der Waals surface area contributed by atoms with Crippen molar-refractivity contribution in [2.24, 2.45) is 0 Å². The summed E-state index contributed by atoms with van der Waals surface area (Å²) in [6, 6.07) is 9.87. The minimum atomic E-state index is -0.642. The number of phenols is 1. The Kier molecular flexibility index (Phi) is 8.49. The third-order valence-electron chi connectivity index (χ3n) is 5.43. The summed E-state index contributed by atoms with van der Waals surface area (Å²) < 4.78 is 11.4. The molecule has 0 saturated heterocycles. The highest BCUT2D eigenvalue weighted by Gasteiger charge is 2.15. The second kappa shape index (κ2) is 11.5. The van der Waals surface area contributed by atoms with Gasteiger partial charge in [0.25, 0.3) is 5.91 Å². The van der Waals surface area contributed by atoms with Crippen LogP contribution in [0.3, 0.4) is 0 Å². The van der Waals surface area contributed by atoms with Gasteiger partial charge in [-0.3, -0.25) is 4.79 Å². The van der Waals surface area contributed by atoms with Crippen LogP contribution in [0.15, 0.2) is 57.3 Å². The lowest BCUT2D eigenvalue weighted by molar-refractivity contribution is 0.102. The molecule has 3 aromatic rings. The molecule has 0 saturated carbocycles. The van der Waals surface area contributed by atoms with Gasteiger partial charge < -0.3 is 24.9 Å². The van der Waals surface area contributed by atoms with E-state index in [-0.39, 0.29) is 11.4 Å². The number of aromatic hydroxyl groups is 1. The van der Waals surface area contributed by atoms with E-state index in [9.17, 15) is 14.7 Å². The summed E-state index contributed by atoms with van der Waals surface area (Å²) in [5.41, 5.74) is 2.66. The van der Waals surface area contributed by atoms with Gasteiger partial charge in [-0.05, 0) is 88.7 Å². The molecule has 1 amide bonds. The number of benzene rings is 2. The molecule has 7 heteroatoms. The average molecular weight is 465 g/mol. The van der Waals surface area contributed by atoms with Crippen LogP contribution < -0.4 is 21.0 Å². The lowest BCUT2D eigenvalue weighted by atomic mass is 10.0. The number of hydrogen-bond donors (Lipinski definition) is 3. The fourth-order valence-corrected chi connectivity index (χ4v) is 3.50. The largest absolute Gasteiger partial charge is 0.508 e. The fraction of sp³-hybridized carbons (Fsp3) is 0.333. The van der Waals surface area contributed by atoms with Crippen LogP contribution >= 0.6 is 0 Å². The van der Waals surface area contributed by atoms with E-state index in [4.69, 9.17) is 9.15 Å². The van der Waals surface area contributed by atoms with E-state index in [2.05, 4.69) is 17.6 Å². The maximum atomic E-state index is 12.8. The molecule has 1 aromatic heterocycles. The molecule has 7 nitrogen and oxygen atoms in total. The molecule has 0 radical (unpaired) electrons. The monoisotopic (exact) mass is 464 g/mol. The summed E-state index contributed by atoms with van der Waals surface area (Å²) in [6.45, 7) is 10.2. The first-order chi connectivity index (χ1) is 16.3. The summed E-state index contributed by atoms with van der Waals surface area (Å²) in [6.07, 6.45) is 3.34. The Morgan fingerprint density at radius 2 is 1.97 bits per heavy atom. The van der Waals surface area contributed by atoms with E-state index < -0.39 is 11.5 Å². The van der Waals surface area contributed by atoms with Crippen LogP contribution in [-0.2, 0) is 6.42 Å². The zero-order valence-electron chi connectivity index (χ0n) is 20.2. The third-order valence-corrected chi connectivity index (χ3v) is 5.43. The SMILES string of the molecule is CCNCCCOc1ccc2cc(NC(=O)c3ccc(O)c(CC=C(C)C)c3)c(=O)oc2c1C. The van der Waals surface area contributed by atoms with Gasteiger partial charge in [-0.1, -0.05) is 18.6 Å². The quantitative estimate of drug-likeness (QED) is 0.223. The summed E-state index contributed by atoms with van der Waals surface area (Å²) in [4.78, 5) is 25.4. The van der Waals surface area contributed by atoms with E-state index in [1.54, 1.807) is 18.2 Å². The predicted octanol–water partition coefficient (Wildman–Crippen LogP) is 4.95. The van der Waals surface area contributed by atoms with Crippen LogP contribution in [0.4, 0.5) is 5.69 Å². The summed E-state index contributed by atoms with van der Waals surface area (Å²) >= 11 is 0. The zero-order valence-corrected chi connectivity index (χ0v) is 20.2. The van der Waals surface area contributed by atoms with Crippen molar-refractivity contribution in [2.75, 3.05) is 25.0 Å². The second-order valence-corrected chi connectivity index (χ2v) is 8.39. The first-order valence-corrected chi connectivity index (χ1v) is 11.5. The molecule has 0 fully saturated rings. The second-order valence-electron chi connectivity index (χ2n) is 8.39. The molecule has 0 aliphatic heterocycles. The van der Waals surface area contributed by atoms with Crippen molar-refractivity contribution < 1.29 is 19.1 Å². The molecular weight excluding hydrogens is 432 g/mol. The molecule has 0 spiro atoms. The normalized spacial score (nSPS) is 10.8. The molecule has 180 valence electrons. The highest BCUT2D eigenvalue weighted by atomic mass is 16.5. The third kappa shape index (κ3) is 6.26. The Morgan fingerprint density at radius 1 is 1.18 bits per heavy atom. The standard InChI is InChI=1S/C27H32N2O5/c1-5-28-13-6-14-33-24-12-10-20-16-22(27(32)34-25(20)18(24)4)29-26(31)21-9-11-23(30)19(15-21)8-7-17(2)3/h7,9-12,15-16,28,30H,5-6,8,13-14H2,1-4H3,(H,29,31).